The highest BCUT2D eigenvalue weighted by Gasteiger charge is 2.39. The normalized spacial score (nSPS) is 15.3. The Morgan fingerprint density at radius 2 is 1.73 bits per heavy atom. The topological polar surface area (TPSA) is 67.9 Å². The van der Waals surface area contributed by atoms with Gasteiger partial charge < -0.3 is 14.8 Å². The van der Waals surface area contributed by atoms with Gasteiger partial charge in [0.2, 0.25) is 6.79 Å². The van der Waals surface area contributed by atoms with Crippen LogP contribution in [0.1, 0.15) is 38.2 Å². The van der Waals surface area contributed by atoms with Crippen LogP contribution in [0.4, 0.5) is 10.1 Å². The molecule has 6 nitrogen and oxygen atoms in total. The fourth-order valence-electron chi connectivity index (χ4n) is 3.59. The third kappa shape index (κ3) is 3.87. The quantitative estimate of drug-likeness (QED) is 0.518. The second-order valence-corrected chi connectivity index (χ2v) is 7.27. The van der Waals surface area contributed by atoms with Crippen LogP contribution < -0.4 is 14.8 Å². The minimum Gasteiger partial charge on any atom is -0.454 e. The first-order valence-corrected chi connectivity index (χ1v) is 10.1. The van der Waals surface area contributed by atoms with E-state index >= 15 is 0 Å². The number of amides is 2. The molecule has 0 unspecified atom stereocenters. The summed E-state index contributed by atoms with van der Waals surface area (Å²) in [5.41, 5.74) is 1.52. The van der Waals surface area contributed by atoms with Gasteiger partial charge in [-0.2, -0.15) is 0 Å². The van der Waals surface area contributed by atoms with Gasteiger partial charge in [-0.25, -0.2) is 4.39 Å². The van der Waals surface area contributed by atoms with Gasteiger partial charge in [0.1, 0.15) is 11.5 Å². The van der Waals surface area contributed by atoms with E-state index in [9.17, 15) is 14.0 Å². The van der Waals surface area contributed by atoms with Crippen molar-refractivity contribution in [1.82, 2.24) is 4.90 Å². The number of benzene rings is 2. The number of nitrogens with one attached hydrogen (secondary N) is 1. The number of rotatable bonds is 8. The maximum Gasteiger partial charge on any atom is 0.278 e. The van der Waals surface area contributed by atoms with Crippen LogP contribution in [-0.2, 0) is 9.59 Å². The zero-order valence-corrected chi connectivity index (χ0v) is 16.7. The number of anilines is 1. The molecule has 30 heavy (non-hydrogen) atoms. The molecule has 0 aliphatic carbocycles. The summed E-state index contributed by atoms with van der Waals surface area (Å²) >= 11 is 0. The van der Waals surface area contributed by atoms with Gasteiger partial charge in [0.15, 0.2) is 11.5 Å². The van der Waals surface area contributed by atoms with Crippen molar-refractivity contribution in [2.75, 3.05) is 18.7 Å². The smallest absolute Gasteiger partial charge is 0.278 e. The predicted molar refractivity (Wildman–Crippen MR) is 110 cm³/mol. The van der Waals surface area contributed by atoms with Crippen LogP contribution in [0, 0.1) is 5.82 Å². The van der Waals surface area contributed by atoms with Crippen LogP contribution in [-0.4, -0.2) is 30.1 Å². The molecular weight excluding hydrogens is 387 g/mol. The molecule has 2 aromatic rings. The van der Waals surface area contributed by atoms with Gasteiger partial charge in [-0.15, -0.1) is 0 Å². The van der Waals surface area contributed by atoms with E-state index in [-0.39, 0.29) is 29.9 Å². The van der Waals surface area contributed by atoms with E-state index in [0.717, 1.165) is 25.7 Å². The van der Waals surface area contributed by atoms with Crippen LogP contribution >= 0.6 is 0 Å². The number of unbranched alkanes of at least 4 members (excludes halogenated alkanes) is 3. The molecule has 0 saturated heterocycles. The molecule has 0 aromatic heterocycles. The first kappa shape index (κ1) is 19.9. The molecule has 0 saturated carbocycles. The molecule has 2 aliphatic heterocycles. The second kappa shape index (κ2) is 8.57. The number of fused-ring (bicyclic) bond motifs is 1. The maximum atomic E-state index is 13.4. The first-order valence-electron chi connectivity index (χ1n) is 10.1. The van der Waals surface area contributed by atoms with E-state index in [1.54, 1.807) is 18.2 Å². The SMILES string of the molecule is CCCCCCN1C(=O)C(Nc2ccc3c(c2)OCO3)=C(c2ccc(F)cc2)C1=O. The van der Waals surface area contributed by atoms with Crippen molar-refractivity contribution in [2.45, 2.75) is 32.6 Å². The predicted octanol–water partition coefficient (Wildman–Crippen LogP) is 4.33. The van der Waals surface area contributed by atoms with Crippen molar-refractivity contribution in [1.29, 1.82) is 0 Å². The average Bonchev–Trinajstić information content (AvgIpc) is 3.30. The number of carbonyl (C=O) groups is 2. The van der Waals surface area contributed by atoms with Gasteiger partial charge in [0, 0.05) is 18.3 Å². The van der Waals surface area contributed by atoms with Crippen molar-refractivity contribution >= 4 is 23.1 Å². The van der Waals surface area contributed by atoms with Crippen molar-refractivity contribution in [2.24, 2.45) is 0 Å². The Kier molecular flexibility index (Phi) is 5.70. The molecule has 2 aromatic carbocycles. The van der Waals surface area contributed by atoms with Crippen LogP contribution in [0.15, 0.2) is 48.2 Å². The third-order valence-electron chi connectivity index (χ3n) is 5.18. The van der Waals surface area contributed by atoms with Gasteiger partial charge >= 0.3 is 0 Å². The Bertz CT molecular complexity index is 1000. The number of hydrogen-bond donors (Lipinski definition) is 1. The molecule has 0 bridgehead atoms. The minimum atomic E-state index is -0.405. The molecular formula is C23H23FN2O4. The van der Waals surface area contributed by atoms with Crippen molar-refractivity contribution < 1.29 is 23.5 Å². The lowest BCUT2D eigenvalue weighted by molar-refractivity contribution is -0.136. The molecule has 4 rings (SSSR count). The lowest BCUT2D eigenvalue weighted by Crippen LogP contribution is -2.33. The molecule has 0 spiro atoms. The molecule has 0 atom stereocenters. The largest absolute Gasteiger partial charge is 0.454 e. The van der Waals surface area contributed by atoms with E-state index in [1.165, 1.54) is 29.2 Å². The molecule has 7 heteroatoms. The van der Waals surface area contributed by atoms with E-state index in [1.807, 2.05) is 0 Å². The fourth-order valence-corrected chi connectivity index (χ4v) is 3.59. The van der Waals surface area contributed by atoms with Crippen LogP contribution in [0.3, 0.4) is 0 Å². The summed E-state index contributed by atoms with van der Waals surface area (Å²) in [7, 11) is 0. The highest BCUT2D eigenvalue weighted by atomic mass is 19.1. The number of hydrogen-bond acceptors (Lipinski definition) is 5. The monoisotopic (exact) mass is 410 g/mol. The number of halogens is 1. The first-order chi connectivity index (χ1) is 14.6. The van der Waals surface area contributed by atoms with Gasteiger partial charge in [-0.1, -0.05) is 38.3 Å². The van der Waals surface area contributed by atoms with E-state index in [4.69, 9.17) is 9.47 Å². The molecule has 0 fully saturated rings. The second-order valence-electron chi connectivity index (χ2n) is 7.27. The summed E-state index contributed by atoms with van der Waals surface area (Å²) in [5, 5.41) is 3.08. The van der Waals surface area contributed by atoms with Crippen LogP contribution in [0.2, 0.25) is 0 Å². The molecule has 1 N–H and O–H groups in total. The average molecular weight is 410 g/mol. The zero-order valence-electron chi connectivity index (χ0n) is 16.7. The van der Waals surface area contributed by atoms with E-state index in [0.29, 0.717) is 29.3 Å². The Morgan fingerprint density at radius 3 is 2.50 bits per heavy atom. The number of imide groups is 1. The van der Waals surface area contributed by atoms with Crippen LogP contribution in [0.5, 0.6) is 11.5 Å². The Hall–Kier alpha value is -3.35. The summed E-state index contributed by atoms with van der Waals surface area (Å²) in [5.74, 6) is 0.0365. The summed E-state index contributed by atoms with van der Waals surface area (Å²) in [6.07, 6.45) is 3.82. The summed E-state index contributed by atoms with van der Waals surface area (Å²) < 4.78 is 24.1. The minimum absolute atomic E-state index is 0.144. The van der Waals surface area contributed by atoms with Crippen molar-refractivity contribution in [3.63, 3.8) is 0 Å². The molecule has 2 amide bonds. The van der Waals surface area contributed by atoms with Gasteiger partial charge in [-0.3, -0.25) is 14.5 Å². The summed E-state index contributed by atoms with van der Waals surface area (Å²) in [4.78, 5) is 27.5. The third-order valence-corrected chi connectivity index (χ3v) is 5.18. The van der Waals surface area contributed by atoms with Gasteiger partial charge in [0.25, 0.3) is 11.8 Å². The maximum absolute atomic E-state index is 13.4. The number of nitrogens with zero attached hydrogens (tertiary/aromatic N) is 1. The van der Waals surface area contributed by atoms with Crippen molar-refractivity contribution in [3.05, 3.63) is 59.5 Å². The fraction of sp³-hybridized carbons (Fsp3) is 0.304. The molecule has 2 heterocycles. The Balaban J connectivity index is 1.65. The Morgan fingerprint density at radius 1 is 0.967 bits per heavy atom. The molecule has 2 aliphatic rings. The standard InChI is InChI=1S/C23H23FN2O4/c1-2-3-4-5-12-26-22(27)20(15-6-8-16(24)9-7-15)21(23(26)28)25-17-10-11-18-19(13-17)30-14-29-18/h6-11,13,25H,2-5,12,14H2,1H3. The molecule has 0 radical (unpaired) electrons. The van der Waals surface area contributed by atoms with Crippen LogP contribution in [0.25, 0.3) is 5.57 Å². The van der Waals surface area contributed by atoms with Gasteiger partial charge in [0.05, 0.1) is 5.57 Å². The van der Waals surface area contributed by atoms with E-state index < -0.39 is 5.82 Å². The highest BCUT2D eigenvalue weighted by Crippen LogP contribution is 2.36. The number of carbonyl (C=O) groups excluding carboxylic acids is 2. The van der Waals surface area contributed by atoms with Crippen molar-refractivity contribution in [3.8, 4) is 11.5 Å². The zero-order chi connectivity index (χ0) is 21.1. The van der Waals surface area contributed by atoms with E-state index in [2.05, 4.69) is 12.2 Å². The number of ether oxygens (including phenoxy) is 2. The Labute approximate surface area is 174 Å². The molecule has 156 valence electrons. The van der Waals surface area contributed by atoms with Gasteiger partial charge in [-0.05, 0) is 36.2 Å². The summed E-state index contributed by atoms with van der Waals surface area (Å²) in [6.45, 7) is 2.60. The lowest BCUT2D eigenvalue weighted by atomic mass is 10.0. The highest BCUT2D eigenvalue weighted by molar-refractivity contribution is 6.36. The lowest BCUT2D eigenvalue weighted by Gasteiger charge is -2.15. The summed E-state index contributed by atoms with van der Waals surface area (Å²) in [6, 6.07) is 10.8.